The number of benzene rings is 2. The molecule has 0 aromatic heterocycles. The Balaban J connectivity index is 1.73. The highest BCUT2D eigenvalue weighted by Gasteiger charge is 2.24. The van der Waals surface area contributed by atoms with E-state index in [9.17, 15) is 9.59 Å². The zero-order valence-electron chi connectivity index (χ0n) is 17.7. The van der Waals surface area contributed by atoms with Crippen LogP contribution in [-0.4, -0.2) is 49.6 Å². The third kappa shape index (κ3) is 5.60. The van der Waals surface area contributed by atoms with Crippen LogP contribution in [0.15, 0.2) is 48.5 Å². The number of hydrogen-bond acceptors (Lipinski definition) is 4. The van der Waals surface area contributed by atoms with Crippen molar-refractivity contribution in [2.45, 2.75) is 26.7 Å². The molecule has 0 radical (unpaired) electrons. The SMILES string of the molecule is CCOCCOc1ccccc1C(=O)Nc1ccccc1C(=O)N1CCC(C)CC1. The summed E-state index contributed by atoms with van der Waals surface area (Å²) in [7, 11) is 0. The second-order valence-corrected chi connectivity index (χ2v) is 7.52. The number of nitrogens with zero attached hydrogens (tertiary/aromatic N) is 1. The van der Waals surface area contributed by atoms with Crippen molar-refractivity contribution in [3.63, 3.8) is 0 Å². The second kappa shape index (κ2) is 10.8. The summed E-state index contributed by atoms with van der Waals surface area (Å²) in [5, 5.41) is 2.90. The first-order chi connectivity index (χ1) is 14.6. The van der Waals surface area contributed by atoms with Crippen LogP contribution in [0.4, 0.5) is 5.69 Å². The Labute approximate surface area is 178 Å². The fourth-order valence-electron chi connectivity index (χ4n) is 3.49. The van der Waals surface area contributed by atoms with Crippen molar-refractivity contribution in [3.8, 4) is 5.75 Å². The fourth-order valence-corrected chi connectivity index (χ4v) is 3.49. The van der Waals surface area contributed by atoms with Crippen LogP contribution in [0, 0.1) is 5.92 Å². The third-order valence-corrected chi connectivity index (χ3v) is 5.30. The molecule has 0 aliphatic carbocycles. The van der Waals surface area contributed by atoms with Gasteiger partial charge in [-0.25, -0.2) is 0 Å². The maximum atomic E-state index is 13.1. The van der Waals surface area contributed by atoms with Gasteiger partial charge in [-0.05, 0) is 49.9 Å². The number of carbonyl (C=O) groups excluding carboxylic acids is 2. The van der Waals surface area contributed by atoms with Crippen molar-refractivity contribution in [2.24, 2.45) is 5.92 Å². The molecular weight excluding hydrogens is 380 g/mol. The van der Waals surface area contributed by atoms with E-state index in [1.54, 1.807) is 30.3 Å². The molecule has 6 heteroatoms. The van der Waals surface area contributed by atoms with Crippen LogP contribution in [-0.2, 0) is 4.74 Å². The van der Waals surface area contributed by atoms with Crippen LogP contribution in [0.3, 0.4) is 0 Å². The molecule has 6 nitrogen and oxygen atoms in total. The van der Waals surface area contributed by atoms with Crippen LogP contribution >= 0.6 is 0 Å². The summed E-state index contributed by atoms with van der Waals surface area (Å²) in [5.41, 5.74) is 1.44. The summed E-state index contributed by atoms with van der Waals surface area (Å²) >= 11 is 0. The van der Waals surface area contributed by atoms with Gasteiger partial charge in [0.2, 0.25) is 0 Å². The molecule has 0 atom stereocenters. The predicted octanol–water partition coefficient (Wildman–Crippen LogP) is 4.23. The van der Waals surface area contributed by atoms with Crippen LogP contribution < -0.4 is 10.1 Å². The number of likely N-dealkylation sites (tertiary alicyclic amines) is 1. The zero-order chi connectivity index (χ0) is 21.3. The Morgan fingerprint density at radius 2 is 1.67 bits per heavy atom. The van der Waals surface area contributed by atoms with E-state index in [2.05, 4.69) is 12.2 Å². The van der Waals surface area contributed by atoms with Crippen molar-refractivity contribution in [1.29, 1.82) is 0 Å². The molecule has 0 saturated carbocycles. The number of para-hydroxylation sites is 2. The van der Waals surface area contributed by atoms with E-state index in [4.69, 9.17) is 9.47 Å². The molecule has 0 bridgehead atoms. The van der Waals surface area contributed by atoms with Gasteiger partial charge in [-0.2, -0.15) is 0 Å². The average molecular weight is 411 g/mol. The number of rotatable bonds is 8. The summed E-state index contributed by atoms with van der Waals surface area (Å²) < 4.78 is 11.0. The summed E-state index contributed by atoms with van der Waals surface area (Å²) in [6, 6.07) is 14.2. The standard InChI is InChI=1S/C24H30N2O4/c1-3-29-16-17-30-22-11-7-5-9-20(22)23(27)25-21-10-6-4-8-19(21)24(28)26-14-12-18(2)13-15-26/h4-11,18H,3,12-17H2,1-2H3,(H,25,27). The molecule has 1 aliphatic rings. The van der Waals surface area contributed by atoms with Gasteiger partial charge in [-0.15, -0.1) is 0 Å². The Morgan fingerprint density at radius 3 is 2.40 bits per heavy atom. The van der Waals surface area contributed by atoms with E-state index in [0.717, 1.165) is 25.9 Å². The predicted molar refractivity (Wildman–Crippen MR) is 117 cm³/mol. The molecule has 160 valence electrons. The maximum Gasteiger partial charge on any atom is 0.259 e. The van der Waals surface area contributed by atoms with Crippen LogP contribution in [0.2, 0.25) is 0 Å². The van der Waals surface area contributed by atoms with E-state index >= 15 is 0 Å². The first-order valence-electron chi connectivity index (χ1n) is 10.6. The van der Waals surface area contributed by atoms with Gasteiger partial charge in [0.15, 0.2) is 0 Å². The number of piperidine rings is 1. The molecule has 0 unspecified atom stereocenters. The van der Waals surface area contributed by atoms with Gasteiger partial charge in [-0.1, -0.05) is 31.2 Å². The highest BCUT2D eigenvalue weighted by atomic mass is 16.5. The van der Waals surface area contributed by atoms with Gasteiger partial charge in [-0.3, -0.25) is 9.59 Å². The topological polar surface area (TPSA) is 67.9 Å². The lowest BCUT2D eigenvalue weighted by Crippen LogP contribution is -2.38. The van der Waals surface area contributed by atoms with E-state index in [0.29, 0.717) is 48.3 Å². The molecule has 1 heterocycles. The van der Waals surface area contributed by atoms with E-state index in [1.165, 1.54) is 0 Å². The summed E-state index contributed by atoms with van der Waals surface area (Å²) in [4.78, 5) is 27.9. The molecule has 2 amide bonds. The van der Waals surface area contributed by atoms with Gasteiger partial charge in [0.1, 0.15) is 12.4 Å². The van der Waals surface area contributed by atoms with Crippen molar-refractivity contribution >= 4 is 17.5 Å². The van der Waals surface area contributed by atoms with Crippen LogP contribution in [0.1, 0.15) is 47.4 Å². The molecule has 0 spiro atoms. The molecule has 1 N–H and O–H groups in total. The number of carbonyl (C=O) groups is 2. The quantitative estimate of drug-likeness (QED) is 0.662. The molecule has 2 aromatic rings. The Bertz CT molecular complexity index is 860. The minimum absolute atomic E-state index is 0.0425. The lowest BCUT2D eigenvalue weighted by Gasteiger charge is -2.30. The molecule has 3 rings (SSSR count). The first-order valence-corrected chi connectivity index (χ1v) is 10.6. The van der Waals surface area contributed by atoms with Crippen molar-refractivity contribution in [1.82, 2.24) is 4.90 Å². The molecular formula is C24H30N2O4. The third-order valence-electron chi connectivity index (χ3n) is 5.30. The number of hydrogen-bond donors (Lipinski definition) is 1. The van der Waals surface area contributed by atoms with Gasteiger partial charge in [0, 0.05) is 19.7 Å². The summed E-state index contributed by atoms with van der Waals surface area (Å²) in [6.07, 6.45) is 2.01. The van der Waals surface area contributed by atoms with Gasteiger partial charge in [0.25, 0.3) is 11.8 Å². The Kier molecular flexibility index (Phi) is 7.85. The summed E-state index contributed by atoms with van der Waals surface area (Å²) in [6.45, 7) is 7.07. The highest BCUT2D eigenvalue weighted by molar-refractivity contribution is 6.10. The van der Waals surface area contributed by atoms with Crippen molar-refractivity contribution in [2.75, 3.05) is 38.2 Å². The molecule has 1 aliphatic heterocycles. The normalized spacial score (nSPS) is 14.4. The Hall–Kier alpha value is -2.86. The fraction of sp³-hybridized carbons (Fsp3) is 0.417. The second-order valence-electron chi connectivity index (χ2n) is 7.52. The molecule has 1 saturated heterocycles. The van der Waals surface area contributed by atoms with Crippen LogP contribution in [0.5, 0.6) is 5.75 Å². The number of amides is 2. The minimum Gasteiger partial charge on any atom is -0.490 e. The average Bonchev–Trinajstić information content (AvgIpc) is 2.77. The highest BCUT2D eigenvalue weighted by Crippen LogP contribution is 2.24. The number of ether oxygens (including phenoxy) is 2. The lowest BCUT2D eigenvalue weighted by molar-refractivity contribution is 0.0698. The Morgan fingerprint density at radius 1 is 1.00 bits per heavy atom. The van der Waals surface area contributed by atoms with Gasteiger partial charge < -0.3 is 19.7 Å². The van der Waals surface area contributed by atoms with Crippen molar-refractivity contribution in [3.05, 3.63) is 59.7 Å². The first kappa shape index (κ1) is 21.8. The van der Waals surface area contributed by atoms with Crippen molar-refractivity contribution < 1.29 is 19.1 Å². The smallest absolute Gasteiger partial charge is 0.259 e. The number of nitrogens with one attached hydrogen (secondary N) is 1. The van der Waals surface area contributed by atoms with Gasteiger partial charge >= 0.3 is 0 Å². The van der Waals surface area contributed by atoms with Gasteiger partial charge in [0.05, 0.1) is 23.4 Å². The van der Waals surface area contributed by atoms with E-state index < -0.39 is 0 Å². The van der Waals surface area contributed by atoms with E-state index in [-0.39, 0.29) is 11.8 Å². The molecule has 1 fully saturated rings. The summed E-state index contributed by atoms with van der Waals surface area (Å²) in [5.74, 6) is 0.778. The molecule has 2 aromatic carbocycles. The molecule has 30 heavy (non-hydrogen) atoms. The lowest BCUT2D eigenvalue weighted by atomic mass is 9.98. The van der Waals surface area contributed by atoms with E-state index in [1.807, 2.05) is 30.0 Å². The zero-order valence-corrected chi connectivity index (χ0v) is 17.7. The largest absolute Gasteiger partial charge is 0.490 e. The minimum atomic E-state index is -0.311. The number of anilines is 1. The maximum absolute atomic E-state index is 13.1. The van der Waals surface area contributed by atoms with Crippen LogP contribution in [0.25, 0.3) is 0 Å². The monoisotopic (exact) mass is 410 g/mol.